The lowest BCUT2D eigenvalue weighted by atomic mass is 9.83. The van der Waals surface area contributed by atoms with E-state index in [1.807, 2.05) is 34.9 Å². The first kappa shape index (κ1) is 20.4. The number of anilines is 1. The lowest BCUT2D eigenvalue weighted by Gasteiger charge is -2.27. The minimum absolute atomic E-state index is 0.144. The summed E-state index contributed by atoms with van der Waals surface area (Å²) >= 11 is 6.12. The van der Waals surface area contributed by atoms with E-state index in [0.717, 1.165) is 42.9 Å². The van der Waals surface area contributed by atoms with E-state index in [2.05, 4.69) is 23.7 Å². The summed E-state index contributed by atoms with van der Waals surface area (Å²) in [6.07, 6.45) is 1.73. The number of hydrogen-bond donors (Lipinski definition) is 2. The minimum Gasteiger partial charge on any atom is -0.508 e. The molecule has 0 unspecified atom stereocenters. The molecule has 1 atom stereocenters. The number of benzene rings is 2. The monoisotopic (exact) mass is 425 g/mol. The number of rotatable bonds is 6. The number of nitrogens with zero attached hydrogens (tertiary/aromatic N) is 3. The van der Waals surface area contributed by atoms with Gasteiger partial charge in [0.25, 0.3) is 0 Å². The molecule has 0 saturated carbocycles. The Morgan fingerprint density at radius 1 is 1.17 bits per heavy atom. The molecule has 1 aromatic heterocycles. The Hall–Kier alpha value is -2.83. The number of phenols is 1. The van der Waals surface area contributed by atoms with Gasteiger partial charge in [0.1, 0.15) is 17.1 Å². The number of ether oxygens (including phenoxy) is 1. The zero-order chi connectivity index (χ0) is 21.3. The van der Waals surface area contributed by atoms with Crippen LogP contribution in [0, 0.1) is 0 Å². The van der Waals surface area contributed by atoms with Crippen LogP contribution >= 0.6 is 11.6 Å². The molecule has 3 N–H and O–H groups in total. The summed E-state index contributed by atoms with van der Waals surface area (Å²) in [6, 6.07) is 12.9. The van der Waals surface area contributed by atoms with Gasteiger partial charge in [-0.1, -0.05) is 48.6 Å². The fraction of sp³-hybridized carbons (Fsp3) is 0.304. The molecule has 0 amide bonds. The molecule has 2 heterocycles. The summed E-state index contributed by atoms with van der Waals surface area (Å²) in [6.45, 7) is 7.91. The molecular formula is C23H26ClN4O2+. The van der Waals surface area contributed by atoms with E-state index in [9.17, 15) is 5.11 Å². The fourth-order valence-electron chi connectivity index (χ4n) is 3.95. The first-order valence-corrected chi connectivity index (χ1v) is 10.6. The molecule has 3 aromatic rings. The van der Waals surface area contributed by atoms with Crippen LogP contribution in [-0.4, -0.2) is 34.6 Å². The van der Waals surface area contributed by atoms with Crippen LogP contribution in [0.1, 0.15) is 36.5 Å². The van der Waals surface area contributed by atoms with E-state index in [4.69, 9.17) is 22.1 Å². The predicted octanol–water partition coefficient (Wildman–Crippen LogP) is 3.94. The quantitative estimate of drug-likeness (QED) is 0.458. The number of halogens is 1. The van der Waals surface area contributed by atoms with Crippen LogP contribution in [0.15, 0.2) is 48.8 Å². The van der Waals surface area contributed by atoms with Crippen LogP contribution in [0.25, 0.3) is 0 Å². The highest BCUT2D eigenvalue weighted by molar-refractivity contribution is 6.30. The Kier molecular flexibility index (Phi) is 5.79. The molecule has 1 aliphatic heterocycles. The zero-order valence-electron chi connectivity index (χ0n) is 17.2. The second kappa shape index (κ2) is 8.50. The number of fused-ring (bicyclic) bond motifs is 2. The summed E-state index contributed by atoms with van der Waals surface area (Å²) in [5.74, 6) is 1.64. The van der Waals surface area contributed by atoms with Crippen molar-refractivity contribution in [2.75, 3.05) is 25.4 Å². The second-order valence-corrected chi connectivity index (χ2v) is 7.81. The van der Waals surface area contributed by atoms with Crippen molar-refractivity contribution in [1.82, 2.24) is 9.88 Å². The molecule has 2 aromatic carbocycles. The number of aromatic nitrogens is 2. The van der Waals surface area contributed by atoms with Crippen molar-refractivity contribution in [1.29, 1.82) is 0 Å². The molecule has 7 heteroatoms. The molecule has 30 heavy (non-hydrogen) atoms. The van der Waals surface area contributed by atoms with Gasteiger partial charge < -0.3 is 20.5 Å². The lowest BCUT2D eigenvalue weighted by Crippen LogP contribution is -2.44. The summed E-state index contributed by atoms with van der Waals surface area (Å²) in [5, 5.41) is 10.6. The van der Waals surface area contributed by atoms with Crippen molar-refractivity contribution in [3.63, 3.8) is 0 Å². The van der Waals surface area contributed by atoms with E-state index in [0.29, 0.717) is 22.5 Å². The van der Waals surface area contributed by atoms with E-state index in [1.165, 1.54) is 0 Å². The minimum atomic E-state index is -0.171. The predicted molar refractivity (Wildman–Crippen MR) is 117 cm³/mol. The Morgan fingerprint density at radius 3 is 2.60 bits per heavy atom. The maximum Gasteiger partial charge on any atom is 0.306 e. The fourth-order valence-corrected chi connectivity index (χ4v) is 4.08. The molecule has 4 rings (SSSR count). The largest absolute Gasteiger partial charge is 0.508 e. The van der Waals surface area contributed by atoms with Crippen LogP contribution in [0.3, 0.4) is 0 Å². The topological polar surface area (TPSA) is 75.5 Å². The summed E-state index contributed by atoms with van der Waals surface area (Å²) in [4.78, 5) is 6.91. The Morgan fingerprint density at radius 2 is 1.90 bits per heavy atom. The highest BCUT2D eigenvalue weighted by atomic mass is 35.5. The number of nitrogen functional groups attached to an aromatic ring is 1. The Balaban J connectivity index is 1.81. The van der Waals surface area contributed by atoms with Gasteiger partial charge in [-0.2, -0.15) is 0 Å². The number of aromatic hydroxyl groups is 1. The Labute approximate surface area is 181 Å². The van der Waals surface area contributed by atoms with Crippen LogP contribution in [0.5, 0.6) is 17.4 Å². The lowest BCUT2D eigenvalue weighted by molar-refractivity contribution is -0.685. The maximum atomic E-state index is 9.95. The molecule has 0 fully saturated rings. The van der Waals surface area contributed by atoms with Gasteiger partial charge >= 0.3 is 5.88 Å². The van der Waals surface area contributed by atoms with E-state index in [1.54, 1.807) is 18.5 Å². The smallest absolute Gasteiger partial charge is 0.306 e. The van der Waals surface area contributed by atoms with E-state index < -0.39 is 0 Å². The van der Waals surface area contributed by atoms with Crippen LogP contribution < -0.4 is 15.0 Å². The molecule has 0 aliphatic carbocycles. The van der Waals surface area contributed by atoms with Crippen molar-refractivity contribution in [2.24, 2.45) is 0 Å². The molecule has 156 valence electrons. The third-order valence-electron chi connectivity index (χ3n) is 5.69. The number of likely N-dealkylation sites (N-methyl/N-ethyl adjacent to an activating group) is 1. The second-order valence-electron chi connectivity index (χ2n) is 7.38. The van der Waals surface area contributed by atoms with Gasteiger partial charge in [0.2, 0.25) is 12.1 Å². The van der Waals surface area contributed by atoms with Crippen molar-refractivity contribution in [2.45, 2.75) is 26.3 Å². The van der Waals surface area contributed by atoms with Gasteiger partial charge in [0, 0.05) is 23.2 Å². The first-order chi connectivity index (χ1) is 14.5. The average molecular weight is 426 g/mol. The number of phenolic OH excluding ortho intramolecular Hbond substituents is 1. The maximum absolute atomic E-state index is 9.95. The average Bonchev–Trinajstić information content (AvgIpc) is 2.75. The zero-order valence-corrected chi connectivity index (χ0v) is 17.9. The number of hydrogen-bond acceptors (Lipinski definition) is 5. The molecule has 1 aliphatic rings. The normalized spacial score (nSPS) is 14.9. The van der Waals surface area contributed by atoms with Crippen molar-refractivity contribution in [3.05, 3.63) is 70.5 Å². The van der Waals surface area contributed by atoms with Crippen LogP contribution in [0.2, 0.25) is 5.02 Å². The van der Waals surface area contributed by atoms with Gasteiger partial charge in [-0.3, -0.25) is 0 Å². The molecule has 6 nitrogen and oxygen atoms in total. The molecular weight excluding hydrogens is 400 g/mol. The van der Waals surface area contributed by atoms with Crippen molar-refractivity contribution < 1.29 is 14.4 Å². The van der Waals surface area contributed by atoms with Gasteiger partial charge in [0.15, 0.2) is 0 Å². The SMILES string of the molecule is CCN(CC)CC[n+]1cnc2c(c1N)[C@H](c1ccc(Cl)cc1)c1ccc(O)cc1O2. The summed E-state index contributed by atoms with van der Waals surface area (Å²) in [5.41, 5.74) is 9.46. The van der Waals surface area contributed by atoms with Gasteiger partial charge in [0.05, 0.1) is 12.5 Å². The molecule has 0 radical (unpaired) electrons. The van der Waals surface area contributed by atoms with Crippen molar-refractivity contribution >= 4 is 17.4 Å². The molecule has 0 bridgehead atoms. The van der Waals surface area contributed by atoms with E-state index in [-0.39, 0.29) is 11.7 Å². The standard InChI is InChI=1S/C23H25ClN4O2/c1-3-27(4-2)11-12-28-14-26-23-21(22(28)25)20(15-5-7-16(24)8-6-15)18-10-9-17(29)13-19(18)30-23/h5-10,13-14,20,25,29H,3-4,11-12H2,1-2H3/p+1/t20-/m1/s1. The molecule has 0 saturated heterocycles. The highest BCUT2D eigenvalue weighted by Gasteiger charge is 2.36. The third-order valence-corrected chi connectivity index (χ3v) is 5.94. The third kappa shape index (κ3) is 3.80. The van der Waals surface area contributed by atoms with Crippen molar-refractivity contribution in [3.8, 4) is 17.4 Å². The van der Waals surface area contributed by atoms with Gasteiger partial charge in [-0.05, 0) is 36.9 Å². The molecule has 0 spiro atoms. The van der Waals surface area contributed by atoms with Gasteiger partial charge in [-0.25, -0.2) is 4.57 Å². The van der Waals surface area contributed by atoms with Crippen LogP contribution in [0.4, 0.5) is 5.82 Å². The summed E-state index contributed by atoms with van der Waals surface area (Å²) < 4.78 is 8.02. The summed E-state index contributed by atoms with van der Waals surface area (Å²) in [7, 11) is 0. The van der Waals surface area contributed by atoms with E-state index >= 15 is 0 Å². The number of nitrogens with two attached hydrogens (primary N) is 1. The van der Waals surface area contributed by atoms with Crippen LogP contribution in [-0.2, 0) is 6.54 Å². The first-order valence-electron chi connectivity index (χ1n) is 10.2. The highest BCUT2D eigenvalue weighted by Crippen LogP contribution is 2.48. The van der Waals surface area contributed by atoms with Gasteiger partial charge in [-0.15, -0.1) is 0 Å². The Bertz CT molecular complexity index is 1050.